The van der Waals surface area contributed by atoms with Crippen LogP contribution in [0.15, 0.2) is 6.20 Å². The number of hydrogen-bond acceptors (Lipinski definition) is 3. The van der Waals surface area contributed by atoms with Crippen LogP contribution in [0.2, 0.25) is 0 Å². The van der Waals surface area contributed by atoms with Crippen molar-refractivity contribution in [3.63, 3.8) is 0 Å². The highest BCUT2D eigenvalue weighted by molar-refractivity contribution is 7.11. The van der Waals surface area contributed by atoms with Crippen molar-refractivity contribution in [1.82, 2.24) is 10.3 Å². The second-order valence-corrected chi connectivity index (χ2v) is 5.88. The monoisotopic (exact) mass is 224 g/mol. The van der Waals surface area contributed by atoms with Gasteiger partial charge in [0.05, 0.1) is 5.01 Å². The summed E-state index contributed by atoms with van der Waals surface area (Å²) in [6.07, 6.45) is 6.01. The van der Waals surface area contributed by atoms with Crippen molar-refractivity contribution >= 4 is 11.3 Å². The summed E-state index contributed by atoms with van der Waals surface area (Å²) in [4.78, 5) is 5.94. The van der Waals surface area contributed by atoms with Crippen molar-refractivity contribution in [3.8, 4) is 0 Å². The average molecular weight is 224 g/mol. The van der Waals surface area contributed by atoms with E-state index in [0.717, 1.165) is 5.92 Å². The topological polar surface area (TPSA) is 24.9 Å². The molecule has 1 aliphatic rings. The Labute approximate surface area is 96.1 Å². The highest BCUT2D eigenvalue weighted by Gasteiger charge is 2.15. The minimum atomic E-state index is 0.577. The van der Waals surface area contributed by atoms with Crippen LogP contribution in [-0.2, 0) is 6.42 Å². The Balaban J connectivity index is 1.91. The van der Waals surface area contributed by atoms with Gasteiger partial charge in [-0.3, -0.25) is 0 Å². The van der Waals surface area contributed by atoms with Gasteiger partial charge in [0, 0.05) is 17.0 Å². The molecule has 0 saturated carbocycles. The Bertz CT molecular complexity index is 300. The van der Waals surface area contributed by atoms with Gasteiger partial charge in [0.1, 0.15) is 0 Å². The van der Waals surface area contributed by atoms with E-state index in [1.807, 2.05) is 11.3 Å². The molecule has 84 valence electrons. The Morgan fingerprint density at radius 2 is 2.47 bits per heavy atom. The van der Waals surface area contributed by atoms with Crippen LogP contribution in [0.1, 0.15) is 42.5 Å². The minimum absolute atomic E-state index is 0.577. The minimum Gasteiger partial charge on any atom is -0.316 e. The maximum atomic E-state index is 4.48. The van der Waals surface area contributed by atoms with E-state index < -0.39 is 0 Å². The summed E-state index contributed by atoms with van der Waals surface area (Å²) in [7, 11) is 0. The number of aromatic nitrogens is 1. The van der Waals surface area contributed by atoms with Gasteiger partial charge in [0.25, 0.3) is 0 Å². The maximum Gasteiger partial charge on any atom is 0.0953 e. The average Bonchev–Trinajstić information content (AvgIpc) is 2.68. The molecule has 0 spiro atoms. The third-order valence-electron chi connectivity index (χ3n) is 2.95. The molecule has 0 bridgehead atoms. The van der Waals surface area contributed by atoms with Gasteiger partial charge in [0.15, 0.2) is 0 Å². The van der Waals surface area contributed by atoms with Gasteiger partial charge >= 0.3 is 0 Å². The van der Waals surface area contributed by atoms with Crippen molar-refractivity contribution in [2.24, 2.45) is 5.92 Å². The first-order valence-corrected chi connectivity index (χ1v) is 6.72. The van der Waals surface area contributed by atoms with Crippen molar-refractivity contribution < 1.29 is 0 Å². The predicted octanol–water partition coefficient (Wildman–Crippen LogP) is 2.81. The lowest BCUT2D eigenvalue weighted by Gasteiger charge is -2.21. The fourth-order valence-electron chi connectivity index (χ4n) is 2.07. The standard InChI is InChI=1S/C12H20N2S/c1-9(2)12-14-8-11(15-12)6-10-4-3-5-13-7-10/h8-10,13H,3-7H2,1-2H3. The highest BCUT2D eigenvalue weighted by atomic mass is 32.1. The molecule has 1 atom stereocenters. The smallest absolute Gasteiger partial charge is 0.0953 e. The van der Waals surface area contributed by atoms with Crippen LogP contribution in [0.5, 0.6) is 0 Å². The number of hydrogen-bond donors (Lipinski definition) is 1. The molecule has 15 heavy (non-hydrogen) atoms. The van der Waals surface area contributed by atoms with Gasteiger partial charge in [0.2, 0.25) is 0 Å². The van der Waals surface area contributed by atoms with Crippen molar-refractivity contribution in [2.75, 3.05) is 13.1 Å². The van der Waals surface area contributed by atoms with E-state index in [1.54, 1.807) is 0 Å². The van der Waals surface area contributed by atoms with Gasteiger partial charge in [-0.25, -0.2) is 4.98 Å². The number of piperidine rings is 1. The normalized spacial score (nSPS) is 22.2. The molecule has 3 heteroatoms. The van der Waals surface area contributed by atoms with E-state index in [4.69, 9.17) is 0 Å². The second-order valence-electron chi connectivity index (χ2n) is 4.74. The van der Waals surface area contributed by atoms with Crippen LogP contribution in [-0.4, -0.2) is 18.1 Å². The molecule has 0 aromatic carbocycles. The molecule has 1 aromatic heterocycles. The Morgan fingerprint density at radius 1 is 1.60 bits per heavy atom. The SMILES string of the molecule is CC(C)c1ncc(CC2CCCNC2)s1. The molecule has 1 unspecified atom stereocenters. The van der Waals surface area contributed by atoms with Crippen molar-refractivity contribution in [2.45, 2.75) is 39.0 Å². The van der Waals surface area contributed by atoms with Gasteiger partial charge in [-0.2, -0.15) is 0 Å². The van der Waals surface area contributed by atoms with Crippen LogP contribution >= 0.6 is 11.3 Å². The van der Waals surface area contributed by atoms with Crippen LogP contribution < -0.4 is 5.32 Å². The summed E-state index contributed by atoms with van der Waals surface area (Å²) >= 11 is 1.90. The number of rotatable bonds is 3. The van der Waals surface area contributed by atoms with E-state index in [-0.39, 0.29) is 0 Å². The molecule has 0 radical (unpaired) electrons. The lowest BCUT2D eigenvalue weighted by atomic mass is 9.96. The van der Waals surface area contributed by atoms with Gasteiger partial charge < -0.3 is 5.32 Å². The zero-order chi connectivity index (χ0) is 10.7. The summed E-state index contributed by atoms with van der Waals surface area (Å²) in [5.74, 6) is 1.41. The molecule has 2 nitrogen and oxygen atoms in total. The summed E-state index contributed by atoms with van der Waals surface area (Å²) in [5.41, 5.74) is 0. The van der Waals surface area contributed by atoms with Crippen molar-refractivity contribution in [1.29, 1.82) is 0 Å². The summed E-state index contributed by atoms with van der Waals surface area (Å²) < 4.78 is 0. The Hall–Kier alpha value is -0.410. The largest absolute Gasteiger partial charge is 0.316 e. The van der Waals surface area contributed by atoms with E-state index in [1.165, 1.54) is 42.2 Å². The van der Waals surface area contributed by atoms with Crippen molar-refractivity contribution in [3.05, 3.63) is 16.1 Å². The summed E-state index contributed by atoms with van der Waals surface area (Å²) in [5, 5.41) is 4.75. The predicted molar refractivity (Wildman–Crippen MR) is 65.5 cm³/mol. The molecule has 0 aliphatic carbocycles. The second kappa shape index (κ2) is 5.08. The first kappa shape index (κ1) is 11.1. The fourth-order valence-corrected chi connectivity index (χ4v) is 3.10. The number of thiazole rings is 1. The van der Waals surface area contributed by atoms with Crippen LogP contribution in [0.3, 0.4) is 0 Å². The summed E-state index contributed by atoms with van der Waals surface area (Å²) in [6.45, 7) is 6.82. The summed E-state index contributed by atoms with van der Waals surface area (Å²) in [6, 6.07) is 0. The molecule has 2 rings (SSSR count). The molecule has 2 heterocycles. The van der Waals surface area contributed by atoms with Crippen LogP contribution in [0.4, 0.5) is 0 Å². The zero-order valence-electron chi connectivity index (χ0n) is 9.62. The lowest BCUT2D eigenvalue weighted by molar-refractivity contribution is 0.377. The van der Waals surface area contributed by atoms with Crippen LogP contribution in [0, 0.1) is 5.92 Å². The fraction of sp³-hybridized carbons (Fsp3) is 0.750. The van der Waals surface area contributed by atoms with Gasteiger partial charge in [-0.1, -0.05) is 13.8 Å². The molecule has 1 N–H and O–H groups in total. The number of nitrogens with zero attached hydrogens (tertiary/aromatic N) is 1. The lowest BCUT2D eigenvalue weighted by Crippen LogP contribution is -2.30. The Morgan fingerprint density at radius 3 is 3.07 bits per heavy atom. The van der Waals surface area contributed by atoms with Gasteiger partial charge in [-0.15, -0.1) is 11.3 Å². The molecule has 1 saturated heterocycles. The Kier molecular flexibility index (Phi) is 3.76. The maximum absolute atomic E-state index is 4.48. The highest BCUT2D eigenvalue weighted by Crippen LogP contribution is 2.24. The van der Waals surface area contributed by atoms with E-state index >= 15 is 0 Å². The molecular formula is C12H20N2S. The molecule has 1 aromatic rings. The third-order valence-corrected chi connectivity index (χ3v) is 4.27. The molecule has 0 amide bonds. The molecule has 1 fully saturated rings. The first-order valence-electron chi connectivity index (χ1n) is 5.91. The van der Waals surface area contributed by atoms with E-state index in [2.05, 4.69) is 30.3 Å². The third kappa shape index (κ3) is 3.02. The zero-order valence-corrected chi connectivity index (χ0v) is 10.4. The quantitative estimate of drug-likeness (QED) is 0.854. The van der Waals surface area contributed by atoms with E-state index in [0.29, 0.717) is 5.92 Å². The van der Waals surface area contributed by atoms with E-state index in [9.17, 15) is 0 Å². The number of nitrogens with one attached hydrogen (secondary N) is 1. The first-order chi connectivity index (χ1) is 7.25. The molecular weight excluding hydrogens is 204 g/mol. The molecule has 1 aliphatic heterocycles. The van der Waals surface area contributed by atoms with Crippen LogP contribution in [0.25, 0.3) is 0 Å². The van der Waals surface area contributed by atoms with Gasteiger partial charge in [-0.05, 0) is 38.3 Å².